The number of carbonyl (C=O) groups excluding carboxylic acids is 4. The zero-order chi connectivity index (χ0) is 31.1. The van der Waals surface area contributed by atoms with Crippen molar-refractivity contribution in [3.63, 3.8) is 0 Å². The van der Waals surface area contributed by atoms with Gasteiger partial charge in [0.25, 0.3) is 12.7 Å². The molecule has 0 spiro atoms. The van der Waals surface area contributed by atoms with E-state index in [1.165, 1.54) is 11.7 Å². The molecule has 2 heterocycles. The number of benzene rings is 2. The highest BCUT2D eigenvalue weighted by atomic mass is 35.5. The standard InChI is InChI=1S/C28H29ClN4O10/c1-17-22(23-13-21(39-3)10-11-24(23)32(17)27(36)19-6-8-20(29)9-7-19)14-26(35)41-15-42-28(37)25-5-4-12-31(25)33(38)30-43-16-40-18(2)34/h6-11,13,25H,4-5,12,14-16H2,1-3H3/b33-30-/t25-/m0/s1. The van der Waals surface area contributed by atoms with Crippen molar-refractivity contribution < 1.29 is 47.9 Å². The van der Waals surface area contributed by atoms with Gasteiger partial charge in [0.2, 0.25) is 12.1 Å². The minimum Gasteiger partial charge on any atom is -0.569 e. The Morgan fingerprint density at radius 2 is 1.81 bits per heavy atom. The maximum atomic E-state index is 13.4. The van der Waals surface area contributed by atoms with Gasteiger partial charge in [0, 0.05) is 28.6 Å². The lowest BCUT2D eigenvalue weighted by Gasteiger charge is -2.18. The molecule has 0 radical (unpaired) electrons. The van der Waals surface area contributed by atoms with E-state index < -0.39 is 37.5 Å². The molecule has 1 saturated heterocycles. The van der Waals surface area contributed by atoms with Crippen LogP contribution >= 0.6 is 11.6 Å². The molecule has 0 N–H and O–H groups in total. The third kappa shape index (κ3) is 7.33. The van der Waals surface area contributed by atoms with Crippen LogP contribution in [0.1, 0.15) is 41.4 Å². The SMILES string of the molecule is COc1ccc2c(c1)c(CC(=O)OCOC(=O)[C@@H]1CCCN1/[N+]([O-])=N/OCOC(C)=O)c(C)n2C(=O)c1ccc(Cl)cc1. The number of hydrazine groups is 1. The molecule has 14 nitrogen and oxygen atoms in total. The Morgan fingerprint density at radius 3 is 2.51 bits per heavy atom. The maximum Gasteiger partial charge on any atom is 0.337 e. The lowest BCUT2D eigenvalue weighted by atomic mass is 10.1. The number of methoxy groups -OCH3 is 1. The van der Waals surface area contributed by atoms with Crippen LogP contribution in [0.5, 0.6) is 5.75 Å². The molecule has 0 amide bonds. The first-order valence-corrected chi connectivity index (χ1v) is 13.5. The molecule has 1 aliphatic heterocycles. The normalized spacial score (nSPS) is 14.8. The number of hydrogen-bond donors (Lipinski definition) is 0. The molecule has 0 bridgehead atoms. The molecular formula is C28H29ClN4O10. The monoisotopic (exact) mass is 616 g/mol. The highest BCUT2D eigenvalue weighted by molar-refractivity contribution is 6.30. The molecule has 1 aromatic heterocycles. The fourth-order valence-electron chi connectivity index (χ4n) is 4.67. The van der Waals surface area contributed by atoms with Crippen molar-refractivity contribution in [3.05, 3.63) is 69.5 Å². The first-order valence-electron chi connectivity index (χ1n) is 13.1. The quantitative estimate of drug-likeness (QED) is 0.0771. The molecule has 2 aromatic carbocycles. The number of fused-ring (bicyclic) bond motifs is 1. The van der Waals surface area contributed by atoms with Gasteiger partial charge in [-0.2, -0.15) is 0 Å². The number of aromatic nitrogens is 1. The summed E-state index contributed by atoms with van der Waals surface area (Å²) in [4.78, 5) is 54.3. The average Bonchev–Trinajstić information content (AvgIpc) is 3.58. The second kappa shape index (κ2) is 13.9. The number of nitrogens with zero attached hydrogens (tertiary/aromatic N) is 4. The Bertz CT molecular complexity index is 1550. The van der Waals surface area contributed by atoms with Gasteiger partial charge >= 0.3 is 17.9 Å². The fourth-order valence-corrected chi connectivity index (χ4v) is 4.79. The topological polar surface area (TPSA) is 161 Å². The molecule has 0 unspecified atom stereocenters. The predicted molar refractivity (Wildman–Crippen MR) is 149 cm³/mol. The van der Waals surface area contributed by atoms with Gasteiger partial charge in [-0.3, -0.25) is 19.0 Å². The van der Waals surface area contributed by atoms with E-state index in [1.807, 2.05) is 0 Å². The van der Waals surface area contributed by atoms with Crippen molar-refractivity contribution in [1.29, 1.82) is 0 Å². The molecule has 3 aromatic rings. The summed E-state index contributed by atoms with van der Waals surface area (Å²) in [5.41, 5.74) is 2.03. The highest BCUT2D eigenvalue weighted by Crippen LogP contribution is 2.31. The zero-order valence-electron chi connectivity index (χ0n) is 23.6. The lowest BCUT2D eigenvalue weighted by Crippen LogP contribution is -2.41. The van der Waals surface area contributed by atoms with E-state index in [4.69, 9.17) is 25.8 Å². The van der Waals surface area contributed by atoms with Gasteiger partial charge in [-0.1, -0.05) is 11.6 Å². The molecule has 4 rings (SSSR count). The Labute approximate surface area is 250 Å². The van der Waals surface area contributed by atoms with Crippen molar-refractivity contribution in [2.75, 3.05) is 27.2 Å². The van der Waals surface area contributed by atoms with E-state index >= 15 is 0 Å². The van der Waals surface area contributed by atoms with Crippen LogP contribution in [0.4, 0.5) is 0 Å². The Kier molecular flexibility index (Phi) is 10.0. The summed E-state index contributed by atoms with van der Waals surface area (Å²) in [7, 11) is 1.51. The smallest absolute Gasteiger partial charge is 0.337 e. The first kappa shape index (κ1) is 31.1. The molecule has 15 heteroatoms. The van der Waals surface area contributed by atoms with Crippen LogP contribution in [-0.2, 0) is 39.9 Å². The van der Waals surface area contributed by atoms with Crippen molar-refractivity contribution >= 4 is 46.3 Å². The van der Waals surface area contributed by atoms with E-state index in [9.17, 15) is 24.4 Å². The molecule has 1 atom stereocenters. The molecule has 1 aliphatic rings. The van der Waals surface area contributed by atoms with Crippen LogP contribution in [0, 0.1) is 12.1 Å². The molecular weight excluding hydrogens is 588 g/mol. The Balaban J connectivity index is 1.42. The number of esters is 3. The van der Waals surface area contributed by atoms with Crippen LogP contribution in [0.25, 0.3) is 10.9 Å². The van der Waals surface area contributed by atoms with Crippen molar-refractivity contribution in [3.8, 4) is 5.75 Å². The average molecular weight is 617 g/mol. The molecule has 228 valence electrons. The van der Waals surface area contributed by atoms with Crippen LogP contribution in [0.2, 0.25) is 5.02 Å². The zero-order valence-corrected chi connectivity index (χ0v) is 24.4. The van der Waals surface area contributed by atoms with E-state index in [0.29, 0.717) is 51.3 Å². The van der Waals surface area contributed by atoms with Crippen LogP contribution < -0.4 is 4.74 Å². The maximum absolute atomic E-state index is 13.4. The second-order valence-corrected chi connectivity index (χ2v) is 9.84. The fraction of sp³-hybridized carbons (Fsp3) is 0.357. The van der Waals surface area contributed by atoms with E-state index in [0.717, 1.165) is 11.9 Å². The van der Waals surface area contributed by atoms with Crippen LogP contribution in [-0.4, -0.2) is 71.6 Å². The van der Waals surface area contributed by atoms with Gasteiger partial charge in [-0.15, -0.1) is 5.01 Å². The van der Waals surface area contributed by atoms with Crippen molar-refractivity contribution in [2.24, 2.45) is 5.28 Å². The summed E-state index contributed by atoms with van der Waals surface area (Å²) >= 11 is 5.98. The van der Waals surface area contributed by atoms with Gasteiger partial charge in [0.05, 0.1) is 30.6 Å². The third-order valence-electron chi connectivity index (χ3n) is 6.74. The largest absolute Gasteiger partial charge is 0.569 e. The summed E-state index contributed by atoms with van der Waals surface area (Å²) in [6, 6.07) is 10.6. The Hall–Kier alpha value is -4.85. The number of carbonyl (C=O) groups is 4. The molecule has 43 heavy (non-hydrogen) atoms. The number of halogens is 1. The van der Waals surface area contributed by atoms with Gasteiger partial charge in [0.1, 0.15) is 5.75 Å². The minimum atomic E-state index is -0.983. The van der Waals surface area contributed by atoms with Gasteiger partial charge < -0.3 is 29.0 Å². The van der Waals surface area contributed by atoms with Gasteiger partial charge in [0.15, 0.2) is 6.04 Å². The van der Waals surface area contributed by atoms with E-state index in [-0.39, 0.29) is 23.8 Å². The molecule has 0 saturated carbocycles. The molecule has 1 fully saturated rings. The molecule has 0 aliphatic carbocycles. The van der Waals surface area contributed by atoms with Crippen LogP contribution in [0.3, 0.4) is 0 Å². The summed E-state index contributed by atoms with van der Waals surface area (Å²) in [6.07, 6.45) is 0.572. The summed E-state index contributed by atoms with van der Waals surface area (Å²) in [6.45, 7) is 1.83. The number of ether oxygens (including phenoxy) is 4. The summed E-state index contributed by atoms with van der Waals surface area (Å²) in [5.74, 6) is -1.90. The van der Waals surface area contributed by atoms with Crippen LogP contribution in [0.15, 0.2) is 47.7 Å². The lowest BCUT2D eigenvalue weighted by molar-refractivity contribution is -0.712. The van der Waals surface area contributed by atoms with E-state index in [2.05, 4.69) is 14.9 Å². The third-order valence-corrected chi connectivity index (χ3v) is 6.99. The minimum absolute atomic E-state index is 0.0760. The summed E-state index contributed by atoms with van der Waals surface area (Å²) in [5, 5.41) is 17.6. The van der Waals surface area contributed by atoms with Gasteiger partial charge in [-0.25, -0.2) is 4.79 Å². The van der Waals surface area contributed by atoms with Gasteiger partial charge in [-0.05, 0) is 67.8 Å². The highest BCUT2D eigenvalue weighted by Gasteiger charge is 2.38. The Morgan fingerprint density at radius 1 is 1.07 bits per heavy atom. The number of rotatable bonds is 11. The summed E-state index contributed by atoms with van der Waals surface area (Å²) < 4.78 is 21.6. The van der Waals surface area contributed by atoms with E-state index in [1.54, 1.807) is 49.4 Å². The predicted octanol–water partition coefficient (Wildman–Crippen LogP) is 3.68. The second-order valence-electron chi connectivity index (χ2n) is 9.41. The number of hydrogen-bond acceptors (Lipinski definition) is 11. The first-order chi connectivity index (χ1) is 20.6. The van der Waals surface area contributed by atoms with Crippen molar-refractivity contribution in [2.45, 2.75) is 39.2 Å². The van der Waals surface area contributed by atoms with Crippen molar-refractivity contribution in [1.82, 2.24) is 9.58 Å².